The molecule has 3 heterocycles. The molecule has 1 saturated heterocycles. The Hall–Kier alpha value is -3.27. The van der Waals surface area contributed by atoms with Gasteiger partial charge < -0.3 is 24.6 Å². The molecule has 2 aliphatic carbocycles. The Morgan fingerprint density at radius 2 is 2.06 bits per heavy atom. The molecule has 6 atom stereocenters. The number of hydrogen-bond donors (Lipinski definition) is 2. The fraction of sp³-hybridized carbons (Fsp3) is 0.435. The number of aromatic nitrogens is 1. The van der Waals surface area contributed by atoms with E-state index in [-0.39, 0.29) is 42.1 Å². The van der Waals surface area contributed by atoms with Gasteiger partial charge in [0.05, 0.1) is 12.6 Å². The first kappa shape index (κ1) is 20.3. The molecule has 8 nitrogen and oxygen atoms in total. The van der Waals surface area contributed by atoms with Crippen LogP contribution in [0.4, 0.5) is 8.78 Å². The first-order valence-electron chi connectivity index (χ1n) is 10.9. The van der Waals surface area contributed by atoms with Crippen molar-refractivity contribution in [2.45, 2.75) is 44.8 Å². The molecule has 2 aromatic rings. The van der Waals surface area contributed by atoms with E-state index < -0.39 is 40.9 Å². The molecule has 0 spiro atoms. The van der Waals surface area contributed by atoms with Gasteiger partial charge in [0.2, 0.25) is 5.43 Å². The van der Waals surface area contributed by atoms with E-state index in [1.165, 1.54) is 16.8 Å². The number of rotatable bonds is 3. The lowest BCUT2D eigenvalue weighted by Gasteiger charge is -2.46. The molecule has 10 heteroatoms. The summed E-state index contributed by atoms with van der Waals surface area (Å²) in [7, 11) is 0. The molecular formula is C23H21F2N3O5. The van der Waals surface area contributed by atoms with Crippen molar-refractivity contribution < 1.29 is 28.2 Å². The van der Waals surface area contributed by atoms with Crippen LogP contribution in [0.5, 0.6) is 5.75 Å². The topological polar surface area (TPSA) is 101 Å². The van der Waals surface area contributed by atoms with Gasteiger partial charge in [-0.3, -0.25) is 14.4 Å². The minimum atomic E-state index is -0.981. The number of nitrogens with one attached hydrogen (secondary N) is 1. The van der Waals surface area contributed by atoms with Crippen LogP contribution in [0.1, 0.15) is 39.8 Å². The van der Waals surface area contributed by atoms with Gasteiger partial charge in [-0.15, -0.1) is 0 Å². The van der Waals surface area contributed by atoms with E-state index in [0.717, 1.165) is 12.5 Å². The van der Waals surface area contributed by atoms with Crippen molar-refractivity contribution in [2.24, 2.45) is 17.8 Å². The van der Waals surface area contributed by atoms with Crippen LogP contribution >= 0.6 is 0 Å². The van der Waals surface area contributed by atoms with E-state index in [1.54, 1.807) is 4.90 Å². The van der Waals surface area contributed by atoms with Gasteiger partial charge in [0.1, 0.15) is 17.2 Å². The van der Waals surface area contributed by atoms with Crippen molar-refractivity contribution in [3.05, 3.63) is 63.1 Å². The number of pyridine rings is 1. The molecule has 2 bridgehead atoms. The first-order valence-corrected chi connectivity index (χ1v) is 10.9. The lowest BCUT2D eigenvalue weighted by atomic mass is 10.00. The highest BCUT2D eigenvalue weighted by Gasteiger charge is 2.67. The van der Waals surface area contributed by atoms with Gasteiger partial charge in [-0.1, -0.05) is 13.0 Å². The van der Waals surface area contributed by atoms with Crippen LogP contribution in [0.3, 0.4) is 0 Å². The number of nitrogens with zero attached hydrogens (tertiary/aromatic N) is 2. The van der Waals surface area contributed by atoms with E-state index in [1.807, 2.05) is 0 Å². The van der Waals surface area contributed by atoms with Gasteiger partial charge >= 0.3 is 0 Å². The molecule has 1 aromatic carbocycles. The molecule has 2 amide bonds. The summed E-state index contributed by atoms with van der Waals surface area (Å²) in [4.78, 5) is 40.3. The zero-order valence-electron chi connectivity index (χ0n) is 17.6. The maximum absolute atomic E-state index is 13.8. The van der Waals surface area contributed by atoms with Crippen LogP contribution in [0.25, 0.3) is 0 Å². The average Bonchev–Trinajstić information content (AvgIpc) is 3.34. The van der Waals surface area contributed by atoms with Crippen molar-refractivity contribution in [1.82, 2.24) is 14.8 Å². The zero-order valence-corrected chi connectivity index (χ0v) is 17.6. The summed E-state index contributed by atoms with van der Waals surface area (Å²) >= 11 is 0. The monoisotopic (exact) mass is 457 g/mol. The largest absolute Gasteiger partial charge is 0.503 e. The second kappa shape index (κ2) is 6.86. The Morgan fingerprint density at radius 1 is 1.27 bits per heavy atom. The number of hydrogen-bond acceptors (Lipinski definition) is 5. The molecule has 2 saturated carbocycles. The molecule has 3 fully saturated rings. The van der Waals surface area contributed by atoms with Crippen LogP contribution < -0.4 is 10.7 Å². The van der Waals surface area contributed by atoms with Crippen LogP contribution in [0, 0.1) is 29.4 Å². The minimum Gasteiger partial charge on any atom is -0.503 e. The highest BCUT2D eigenvalue weighted by Crippen LogP contribution is 2.62. The maximum Gasteiger partial charge on any atom is 0.276 e. The lowest BCUT2D eigenvalue weighted by Crippen LogP contribution is -2.58. The van der Waals surface area contributed by atoms with Crippen molar-refractivity contribution in [1.29, 1.82) is 0 Å². The van der Waals surface area contributed by atoms with E-state index in [0.29, 0.717) is 23.8 Å². The number of aromatic hydroxyl groups is 1. The Labute approximate surface area is 186 Å². The summed E-state index contributed by atoms with van der Waals surface area (Å²) in [5.74, 6) is -2.41. The quantitative estimate of drug-likeness (QED) is 0.729. The Morgan fingerprint density at radius 3 is 2.82 bits per heavy atom. The molecule has 2 N–H and O–H groups in total. The number of carbonyl (C=O) groups is 2. The van der Waals surface area contributed by atoms with E-state index in [2.05, 4.69) is 12.2 Å². The molecule has 2 aliphatic heterocycles. The summed E-state index contributed by atoms with van der Waals surface area (Å²) in [5, 5.41) is 13.0. The number of ether oxygens (including phenoxy) is 1. The predicted molar refractivity (Wildman–Crippen MR) is 109 cm³/mol. The second-order valence-corrected chi connectivity index (χ2v) is 9.30. The van der Waals surface area contributed by atoms with Gasteiger partial charge in [-0.25, -0.2) is 8.78 Å². The molecule has 6 rings (SSSR count). The van der Waals surface area contributed by atoms with E-state index in [4.69, 9.17) is 4.74 Å². The summed E-state index contributed by atoms with van der Waals surface area (Å²) in [5.41, 5.74) is -1.48. The van der Waals surface area contributed by atoms with Gasteiger partial charge in [-0.05, 0) is 30.2 Å². The number of halogens is 2. The third-order valence-electron chi connectivity index (χ3n) is 7.61. The Balaban J connectivity index is 1.29. The maximum atomic E-state index is 13.8. The van der Waals surface area contributed by atoms with Crippen molar-refractivity contribution in [3.8, 4) is 5.75 Å². The smallest absolute Gasteiger partial charge is 0.276 e. The fourth-order valence-electron chi connectivity index (χ4n) is 6.02. The van der Waals surface area contributed by atoms with Crippen LogP contribution in [0.15, 0.2) is 29.2 Å². The number of fused-ring (bicyclic) bond motifs is 8. The van der Waals surface area contributed by atoms with Crippen LogP contribution in [0.2, 0.25) is 0 Å². The summed E-state index contributed by atoms with van der Waals surface area (Å²) in [6.45, 7) is 2.05. The summed E-state index contributed by atoms with van der Waals surface area (Å²) in [6, 6.07) is 2.97. The van der Waals surface area contributed by atoms with Crippen molar-refractivity contribution in [2.75, 3.05) is 0 Å². The zero-order chi connectivity index (χ0) is 23.2. The Kier molecular flexibility index (Phi) is 4.23. The highest BCUT2D eigenvalue weighted by molar-refractivity contribution is 5.99. The third-order valence-corrected chi connectivity index (χ3v) is 7.61. The molecular weight excluding hydrogens is 436 g/mol. The van der Waals surface area contributed by atoms with E-state index >= 15 is 0 Å². The molecule has 1 unspecified atom stereocenters. The molecule has 1 aromatic heterocycles. The Bertz CT molecular complexity index is 1280. The van der Waals surface area contributed by atoms with Gasteiger partial charge in [-0.2, -0.15) is 0 Å². The van der Waals surface area contributed by atoms with Gasteiger partial charge in [0.25, 0.3) is 11.8 Å². The molecule has 4 aliphatic rings. The summed E-state index contributed by atoms with van der Waals surface area (Å²) < 4.78 is 34.5. The van der Waals surface area contributed by atoms with Crippen LogP contribution in [-0.4, -0.2) is 44.8 Å². The minimum absolute atomic E-state index is 0.0260. The number of amides is 2. The normalized spacial score (nSPS) is 31.0. The lowest BCUT2D eigenvalue weighted by molar-refractivity contribution is -0.147. The SMILES string of the molecule is C[C@@H]1[C@@H]2C3C[C@@H](O[C@H]4Cn5cc(C(=O)NCc6ccc(F)cc6F)c(=O)c(O)c5C(=O)N34)[C@H]12. The molecule has 0 radical (unpaired) electrons. The number of carbonyl (C=O) groups excluding carboxylic acids is 2. The standard InChI is InChI=1S/C23H21F2N3O5/c1-9-17-14-5-15(18(9)17)33-16-8-27-7-12(20(29)21(30)19(27)23(32)28(14)16)22(31)26-6-10-2-3-11(24)4-13(10)25/h2-4,7,9,14-18,30H,5-6,8H2,1H3,(H,26,31)/t9-,14?,15-,16+,17-,18+/m1/s1. The van der Waals surface area contributed by atoms with Crippen molar-refractivity contribution >= 4 is 11.8 Å². The van der Waals surface area contributed by atoms with Gasteiger partial charge in [0, 0.05) is 30.4 Å². The highest BCUT2D eigenvalue weighted by atomic mass is 19.1. The van der Waals surface area contributed by atoms with Crippen molar-refractivity contribution in [3.63, 3.8) is 0 Å². The average molecular weight is 457 g/mol. The molecule has 172 valence electrons. The first-order chi connectivity index (χ1) is 15.8. The summed E-state index contributed by atoms with van der Waals surface area (Å²) in [6.07, 6.45) is 1.55. The predicted octanol–water partition coefficient (Wildman–Crippen LogP) is 1.60. The van der Waals surface area contributed by atoms with Gasteiger partial charge in [0.15, 0.2) is 17.7 Å². The second-order valence-electron chi connectivity index (χ2n) is 9.30. The van der Waals surface area contributed by atoms with E-state index in [9.17, 15) is 28.3 Å². The number of benzene rings is 1. The molecule has 33 heavy (non-hydrogen) atoms. The van der Waals surface area contributed by atoms with Crippen LogP contribution in [-0.2, 0) is 17.8 Å². The third kappa shape index (κ3) is 2.86. The fourth-order valence-corrected chi connectivity index (χ4v) is 6.02.